The van der Waals surface area contributed by atoms with Crippen LogP contribution in [0.1, 0.15) is 15.9 Å². The van der Waals surface area contributed by atoms with Gasteiger partial charge in [0.1, 0.15) is 11.3 Å². The first kappa shape index (κ1) is 24.3. The number of halogens is 3. The lowest BCUT2D eigenvalue weighted by atomic mass is 10.1. The number of rotatable bonds is 4. The summed E-state index contributed by atoms with van der Waals surface area (Å²) in [4.78, 5) is 51.6. The Labute approximate surface area is 224 Å². The summed E-state index contributed by atoms with van der Waals surface area (Å²) in [7, 11) is 0. The van der Waals surface area contributed by atoms with E-state index in [0.717, 1.165) is 12.9 Å². The number of nitrogens with one attached hydrogen (secondary N) is 1. The highest BCUT2D eigenvalue weighted by Gasteiger charge is 2.37. The molecule has 1 heterocycles. The Hall–Kier alpha value is -2.83. The van der Waals surface area contributed by atoms with E-state index >= 15 is 0 Å². The van der Waals surface area contributed by atoms with E-state index < -0.39 is 23.8 Å². The van der Waals surface area contributed by atoms with Crippen molar-refractivity contribution in [2.45, 2.75) is 0 Å². The maximum Gasteiger partial charge on any atom is 0.343 e. The second-order valence-corrected chi connectivity index (χ2v) is 10.1. The summed E-state index contributed by atoms with van der Waals surface area (Å²) >= 11 is 8.77. The van der Waals surface area contributed by atoms with Crippen molar-refractivity contribution in [2.75, 3.05) is 4.90 Å². The molecule has 1 fully saturated rings. The number of amides is 4. The van der Waals surface area contributed by atoms with Crippen LogP contribution in [0.25, 0.3) is 6.08 Å². The van der Waals surface area contributed by atoms with Crippen LogP contribution >= 0.6 is 54.5 Å². The quantitative estimate of drug-likeness (QED) is 0.124. The van der Waals surface area contributed by atoms with Crippen LogP contribution in [0.5, 0.6) is 5.75 Å². The van der Waals surface area contributed by atoms with Crippen molar-refractivity contribution >= 4 is 90.0 Å². The molecule has 0 spiro atoms. The van der Waals surface area contributed by atoms with Gasteiger partial charge in [0.15, 0.2) is 0 Å². The van der Waals surface area contributed by atoms with Gasteiger partial charge in [-0.25, -0.2) is 14.5 Å². The van der Waals surface area contributed by atoms with Crippen molar-refractivity contribution in [2.24, 2.45) is 0 Å². The fraction of sp³-hybridized carbons (Fsp3) is 0. The zero-order chi connectivity index (χ0) is 24.4. The maximum absolute atomic E-state index is 13.2. The highest BCUT2D eigenvalue weighted by Crippen LogP contribution is 2.29. The highest BCUT2D eigenvalue weighted by atomic mass is 127. The molecule has 4 amide bonds. The third-order valence-electron chi connectivity index (χ3n) is 4.74. The first-order valence-electron chi connectivity index (χ1n) is 9.67. The molecule has 34 heavy (non-hydrogen) atoms. The number of ether oxygens (including phenoxy) is 1. The molecule has 170 valence electrons. The Kier molecular flexibility index (Phi) is 7.29. The third-order valence-corrected chi connectivity index (χ3v) is 6.48. The number of barbiturate groups is 1. The highest BCUT2D eigenvalue weighted by molar-refractivity contribution is 14.1. The fourth-order valence-corrected chi connectivity index (χ4v) is 4.11. The number of hydrogen-bond acceptors (Lipinski definition) is 5. The maximum atomic E-state index is 13.2. The number of hydrogen-bond donors (Lipinski definition) is 1. The molecule has 1 N–H and O–H groups in total. The summed E-state index contributed by atoms with van der Waals surface area (Å²) in [6.45, 7) is 0. The Morgan fingerprint density at radius 1 is 0.912 bits per heavy atom. The lowest BCUT2D eigenvalue weighted by Crippen LogP contribution is -2.54. The Bertz CT molecular complexity index is 1350. The normalized spacial score (nSPS) is 14.9. The molecule has 10 heteroatoms. The minimum absolute atomic E-state index is 0.141. The molecular weight excluding hydrogens is 683 g/mol. The van der Waals surface area contributed by atoms with Crippen LogP contribution in [0.3, 0.4) is 0 Å². The average molecular weight is 696 g/mol. The van der Waals surface area contributed by atoms with Gasteiger partial charge in [0, 0.05) is 18.1 Å². The standard InChI is InChI=1S/C24H13Br2IN2O5/c25-15-3-1-13(2-4-15)23(32)34-20-10-5-16(26)11-14(20)12-19-21(30)28-24(33)29(22(19)31)18-8-6-17(27)7-9-18/h1-12H,(H,28,30,33)/b19-12-. The third kappa shape index (κ3) is 5.29. The number of nitrogens with zero attached hydrogens (tertiary/aromatic N) is 1. The van der Waals surface area contributed by atoms with E-state index in [2.05, 4.69) is 59.8 Å². The number of imide groups is 2. The smallest absolute Gasteiger partial charge is 0.343 e. The zero-order valence-electron chi connectivity index (χ0n) is 17.1. The Morgan fingerprint density at radius 3 is 2.24 bits per heavy atom. The lowest BCUT2D eigenvalue weighted by molar-refractivity contribution is -0.122. The number of carbonyl (C=O) groups excluding carboxylic acids is 4. The van der Waals surface area contributed by atoms with Gasteiger partial charge in [-0.15, -0.1) is 0 Å². The molecule has 4 rings (SSSR count). The molecule has 0 aromatic heterocycles. The fourth-order valence-electron chi connectivity index (χ4n) is 3.11. The molecule has 3 aromatic rings. The SMILES string of the molecule is O=C1NC(=O)N(c2ccc(I)cc2)C(=O)/C1=C\c1cc(Br)ccc1OC(=O)c1ccc(Br)cc1. The summed E-state index contributed by atoms with van der Waals surface area (Å²) in [6, 6.07) is 17.3. The van der Waals surface area contributed by atoms with Crippen LogP contribution in [-0.2, 0) is 9.59 Å². The van der Waals surface area contributed by atoms with E-state index in [9.17, 15) is 19.2 Å². The largest absolute Gasteiger partial charge is 0.422 e. The number of anilines is 1. The van der Waals surface area contributed by atoms with E-state index in [1.807, 2.05) is 0 Å². The molecule has 0 atom stereocenters. The van der Waals surface area contributed by atoms with E-state index in [4.69, 9.17) is 4.74 Å². The number of esters is 1. The van der Waals surface area contributed by atoms with Gasteiger partial charge in [0.2, 0.25) is 0 Å². The van der Waals surface area contributed by atoms with Crippen LogP contribution in [-0.4, -0.2) is 23.8 Å². The van der Waals surface area contributed by atoms with Crippen molar-refractivity contribution in [3.05, 3.63) is 95.9 Å². The second-order valence-electron chi connectivity index (χ2n) is 7.01. The van der Waals surface area contributed by atoms with Crippen molar-refractivity contribution < 1.29 is 23.9 Å². The van der Waals surface area contributed by atoms with Gasteiger partial charge in [0.25, 0.3) is 11.8 Å². The molecule has 1 aliphatic rings. The van der Waals surface area contributed by atoms with Gasteiger partial charge in [-0.2, -0.15) is 0 Å². The average Bonchev–Trinajstić information content (AvgIpc) is 2.80. The van der Waals surface area contributed by atoms with E-state index in [1.165, 1.54) is 6.08 Å². The molecule has 3 aromatic carbocycles. The number of urea groups is 1. The molecule has 1 saturated heterocycles. The second kappa shape index (κ2) is 10.2. The summed E-state index contributed by atoms with van der Waals surface area (Å²) in [5.74, 6) is -2.10. The summed E-state index contributed by atoms with van der Waals surface area (Å²) < 4.78 is 7.91. The monoisotopic (exact) mass is 694 g/mol. The minimum Gasteiger partial charge on any atom is -0.422 e. The lowest BCUT2D eigenvalue weighted by Gasteiger charge is -2.26. The Balaban J connectivity index is 1.70. The molecule has 0 bridgehead atoms. The van der Waals surface area contributed by atoms with Crippen molar-refractivity contribution in [3.63, 3.8) is 0 Å². The zero-order valence-corrected chi connectivity index (χ0v) is 22.4. The van der Waals surface area contributed by atoms with Crippen molar-refractivity contribution in [3.8, 4) is 5.75 Å². The predicted octanol–water partition coefficient (Wildman–Crippen LogP) is 5.70. The van der Waals surface area contributed by atoms with E-state index in [-0.39, 0.29) is 11.3 Å². The van der Waals surface area contributed by atoms with Crippen LogP contribution in [0.15, 0.2) is 81.2 Å². The van der Waals surface area contributed by atoms with Crippen LogP contribution < -0.4 is 15.0 Å². The first-order valence-corrected chi connectivity index (χ1v) is 12.3. The van der Waals surface area contributed by atoms with Gasteiger partial charge in [-0.05, 0) is 95.4 Å². The van der Waals surface area contributed by atoms with Gasteiger partial charge in [0.05, 0.1) is 11.3 Å². The molecule has 0 unspecified atom stereocenters. The number of benzene rings is 3. The van der Waals surface area contributed by atoms with Crippen LogP contribution in [0, 0.1) is 3.57 Å². The van der Waals surface area contributed by atoms with Crippen LogP contribution in [0.2, 0.25) is 0 Å². The van der Waals surface area contributed by atoms with E-state index in [1.54, 1.807) is 66.7 Å². The van der Waals surface area contributed by atoms with Crippen molar-refractivity contribution in [1.29, 1.82) is 0 Å². The van der Waals surface area contributed by atoms with Crippen molar-refractivity contribution in [1.82, 2.24) is 5.32 Å². The van der Waals surface area contributed by atoms with Crippen LogP contribution in [0.4, 0.5) is 10.5 Å². The topological polar surface area (TPSA) is 92.8 Å². The van der Waals surface area contributed by atoms with Gasteiger partial charge >= 0.3 is 12.0 Å². The van der Waals surface area contributed by atoms with Gasteiger partial charge < -0.3 is 4.74 Å². The molecule has 1 aliphatic heterocycles. The van der Waals surface area contributed by atoms with Gasteiger partial charge in [-0.3, -0.25) is 14.9 Å². The molecule has 0 saturated carbocycles. The van der Waals surface area contributed by atoms with E-state index in [0.29, 0.717) is 21.3 Å². The molecule has 7 nitrogen and oxygen atoms in total. The summed E-state index contributed by atoms with van der Waals surface area (Å²) in [6.07, 6.45) is 1.29. The number of carbonyl (C=O) groups is 4. The summed E-state index contributed by atoms with van der Waals surface area (Å²) in [5, 5.41) is 2.18. The first-order chi connectivity index (χ1) is 16.2. The minimum atomic E-state index is -0.845. The summed E-state index contributed by atoms with van der Waals surface area (Å²) in [5.41, 5.74) is 0.663. The van der Waals surface area contributed by atoms with Gasteiger partial charge in [-0.1, -0.05) is 31.9 Å². The molecule has 0 radical (unpaired) electrons. The predicted molar refractivity (Wildman–Crippen MR) is 141 cm³/mol. The molecule has 0 aliphatic carbocycles. The Morgan fingerprint density at radius 2 is 1.56 bits per heavy atom. The molecular formula is C24H13Br2IN2O5.